The molecular weight excluding hydrogens is 284 g/mol. The van der Waals surface area contributed by atoms with Gasteiger partial charge in [0.2, 0.25) is 0 Å². The Bertz CT molecular complexity index is 643. The number of rotatable bonds is 5. The molecule has 6 N–H and O–H groups in total. The van der Waals surface area contributed by atoms with Crippen molar-refractivity contribution in [1.29, 1.82) is 0 Å². The number of hydrogen-bond donors (Lipinski definition) is 4. The van der Waals surface area contributed by atoms with Crippen LogP contribution in [0.4, 0.5) is 0 Å². The molecule has 6 heteroatoms. The van der Waals surface area contributed by atoms with Crippen molar-refractivity contribution in [3.63, 3.8) is 0 Å². The standard InChI is InChI=1S/C11H8O2.C5H12N2O2/c12-7-10-9-4-2-1-3-8(9)5-6-11(10)13;6-3-1-2-4(7)5(8)9/h1-7,13H;4H,1-3,6-7H2,(H,8,9). The van der Waals surface area contributed by atoms with Gasteiger partial charge in [-0.15, -0.1) is 0 Å². The number of phenolic OH excluding ortho intramolecular Hbond substituents is 1. The number of nitrogens with two attached hydrogens (primary N) is 2. The molecule has 0 heterocycles. The predicted octanol–water partition coefficient (Wildman–Crippen LogP) is 1.50. The van der Waals surface area contributed by atoms with Crippen molar-refractivity contribution in [1.82, 2.24) is 0 Å². The highest BCUT2D eigenvalue weighted by Crippen LogP contribution is 2.24. The van der Waals surface area contributed by atoms with E-state index in [1.165, 1.54) is 6.07 Å². The topological polar surface area (TPSA) is 127 Å². The van der Waals surface area contributed by atoms with Crippen LogP contribution in [0.2, 0.25) is 0 Å². The smallest absolute Gasteiger partial charge is 0.320 e. The summed E-state index contributed by atoms with van der Waals surface area (Å²) in [5.41, 5.74) is 10.6. The van der Waals surface area contributed by atoms with Gasteiger partial charge in [0.1, 0.15) is 11.8 Å². The highest BCUT2D eigenvalue weighted by molar-refractivity contribution is 6.00. The summed E-state index contributed by atoms with van der Waals surface area (Å²) in [6, 6.07) is 10.0. The zero-order valence-corrected chi connectivity index (χ0v) is 12.1. The molecule has 2 aromatic rings. The molecular formula is C16H20N2O4. The molecule has 2 aromatic carbocycles. The van der Waals surface area contributed by atoms with E-state index < -0.39 is 12.0 Å². The Labute approximate surface area is 128 Å². The third kappa shape index (κ3) is 4.83. The Balaban J connectivity index is 0.000000239. The highest BCUT2D eigenvalue weighted by Gasteiger charge is 2.08. The van der Waals surface area contributed by atoms with E-state index >= 15 is 0 Å². The van der Waals surface area contributed by atoms with Crippen molar-refractivity contribution in [3.8, 4) is 5.75 Å². The fourth-order valence-electron chi connectivity index (χ4n) is 1.87. The average molecular weight is 304 g/mol. The molecule has 0 aliphatic heterocycles. The molecule has 6 nitrogen and oxygen atoms in total. The molecule has 1 atom stereocenters. The van der Waals surface area contributed by atoms with Gasteiger partial charge in [-0.25, -0.2) is 0 Å². The Kier molecular flexibility index (Phi) is 7.01. The molecule has 0 aliphatic carbocycles. The van der Waals surface area contributed by atoms with Crippen molar-refractivity contribution >= 4 is 23.0 Å². The first kappa shape index (κ1) is 17.6. The third-order valence-electron chi connectivity index (χ3n) is 3.10. The van der Waals surface area contributed by atoms with Gasteiger partial charge < -0.3 is 21.7 Å². The SMILES string of the molecule is NCCCC(N)C(=O)O.O=Cc1c(O)ccc2ccccc12. The number of benzene rings is 2. The Morgan fingerprint density at radius 2 is 1.91 bits per heavy atom. The van der Waals surface area contributed by atoms with Crippen LogP contribution in [0.25, 0.3) is 10.8 Å². The lowest BCUT2D eigenvalue weighted by atomic mass is 10.0. The summed E-state index contributed by atoms with van der Waals surface area (Å²) in [4.78, 5) is 20.7. The summed E-state index contributed by atoms with van der Waals surface area (Å²) in [6.45, 7) is 0.501. The minimum absolute atomic E-state index is 0.0358. The monoisotopic (exact) mass is 304 g/mol. The number of aliphatic carboxylic acids is 1. The summed E-state index contributed by atoms with van der Waals surface area (Å²) in [7, 11) is 0. The number of carbonyl (C=O) groups is 2. The van der Waals surface area contributed by atoms with Crippen molar-refractivity contribution in [2.24, 2.45) is 11.5 Å². The molecule has 0 radical (unpaired) electrons. The average Bonchev–Trinajstić information content (AvgIpc) is 2.53. The summed E-state index contributed by atoms with van der Waals surface area (Å²) in [5.74, 6) is -0.919. The number of carbonyl (C=O) groups excluding carboxylic acids is 1. The maximum atomic E-state index is 10.7. The molecule has 0 saturated carbocycles. The quantitative estimate of drug-likeness (QED) is 0.620. The van der Waals surface area contributed by atoms with Gasteiger partial charge in [-0.3, -0.25) is 9.59 Å². The van der Waals surface area contributed by atoms with Gasteiger partial charge in [-0.05, 0) is 36.2 Å². The number of fused-ring (bicyclic) bond motifs is 1. The number of aromatic hydroxyl groups is 1. The zero-order valence-electron chi connectivity index (χ0n) is 12.1. The van der Waals surface area contributed by atoms with Crippen molar-refractivity contribution in [3.05, 3.63) is 42.0 Å². The van der Waals surface area contributed by atoms with Gasteiger partial charge in [0, 0.05) is 0 Å². The van der Waals surface area contributed by atoms with Crippen LogP contribution < -0.4 is 11.5 Å². The van der Waals surface area contributed by atoms with Gasteiger partial charge >= 0.3 is 5.97 Å². The van der Waals surface area contributed by atoms with Crippen LogP contribution in [0.5, 0.6) is 5.75 Å². The predicted molar refractivity (Wildman–Crippen MR) is 84.9 cm³/mol. The van der Waals surface area contributed by atoms with Crippen LogP contribution in [0.15, 0.2) is 36.4 Å². The summed E-state index contributed by atoms with van der Waals surface area (Å²) in [5, 5.41) is 19.4. The largest absolute Gasteiger partial charge is 0.507 e. The second-order valence-electron chi connectivity index (χ2n) is 4.71. The van der Waals surface area contributed by atoms with Crippen molar-refractivity contribution < 1.29 is 19.8 Å². The van der Waals surface area contributed by atoms with Crippen LogP contribution >= 0.6 is 0 Å². The molecule has 118 valence electrons. The number of carboxylic acids is 1. The molecule has 0 aliphatic rings. The van der Waals surface area contributed by atoms with E-state index in [1.807, 2.05) is 24.3 Å². The first-order chi connectivity index (χ1) is 10.5. The Morgan fingerprint density at radius 1 is 1.23 bits per heavy atom. The molecule has 1 unspecified atom stereocenters. The lowest BCUT2D eigenvalue weighted by molar-refractivity contribution is -0.138. The van der Waals surface area contributed by atoms with Crippen molar-refractivity contribution in [2.75, 3.05) is 6.54 Å². The molecule has 22 heavy (non-hydrogen) atoms. The molecule has 0 bridgehead atoms. The number of hydrogen-bond acceptors (Lipinski definition) is 5. The number of phenols is 1. The summed E-state index contributed by atoms with van der Waals surface area (Å²) >= 11 is 0. The van der Waals surface area contributed by atoms with Crippen LogP contribution in [0, 0.1) is 0 Å². The fourth-order valence-corrected chi connectivity index (χ4v) is 1.87. The first-order valence-corrected chi connectivity index (χ1v) is 6.85. The maximum Gasteiger partial charge on any atom is 0.320 e. The zero-order chi connectivity index (χ0) is 16.5. The normalized spacial score (nSPS) is 11.4. The lowest BCUT2D eigenvalue weighted by Gasteiger charge is -2.02. The number of carboxylic acid groups (broad SMARTS) is 1. The van der Waals surface area contributed by atoms with E-state index in [0.29, 0.717) is 31.2 Å². The van der Waals surface area contributed by atoms with Crippen LogP contribution in [-0.4, -0.2) is 35.1 Å². The van der Waals surface area contributed by atoms with E-state index in [0.717, 1.165) is 10.8 Å². The molecule has 2 rings (SSSR count). The third-order valence-corrected chi connectivity index (χ3v) is 3.10. The summed E-state index contributed by atoms with van der Waals surface area (Å²) in [6.07, 6.45) is 1.82. The van der Waals surface area contributed by atoms with E-state index in [2.05, 4.69) is 0 Å². The maximum absolute atomic E-state index is 10.7. The minimum Gasteiger partial charge on any atom is -0.507 e. The first-order valence-electron chi connectivity index (χ1n) is 6.85. The summed E-state index contributed by atoms with van der Waals surface area (Å²) < 4.78 is 0. The van der Waals surface area contributed by atoms with Crippen LogP contribution in [0.1, 0.15) is 23.2 Å². The molecule has 0 fully saturated rings. The van der Waals surface area contributed by atoms with E-state index in [1.54, 1.807) is 6.07 Å². The van der Waals surface area contributed by atoms with Gasteiger partial charge in [0.25, 0.3) is 0 Å². The fraction of sp³-hybridized carbons (Fsp3) is 0.250. The van der Waals surface area contributed by atoms with Crippen LogP contribution in [-0.2, 0) is 4.79 Å². The van der Waals surface area contributed by atoms with Gasteiger partial charge in [-0.1, -0.05) is 30.3 Å². The Morgan fingerprint density at radius 3 is 2.50 bits per heavy atom. The Hall–Kier alpha value is -2.44. The van der Waals surface area contributed by atoms with Gasteiger partial charge in [0.05, 0.1) is 5.56 Å². The second kappa shape index (κ2) is 8.76. The van der Waals surface area contributed by atoms with E-state index in [4.69, 9.17) is 16.6 Å². The van der Waals surface area contributed by atoms with Gasteiger partial charge in [-0.2, -0.15) is 0 Å². The molecule has 0 spiro atoms. The highest BCUT2D eigenvalue weighted by atomic mass is 16.4. The second-order valence-corrected chi connectivity index (χ2v) is 4.71. The van der Waals surface area contributed by atoms with Crippen molar-refractivity contribution in [2.45, 2.75) is 18.9 Å². The molecule has 0 aromatic heterocycles. The van der Waals surface area contributed by atoms with Crippen LogP contribution in [0.3, 0.4) is 0 Å². The molecule has 0 amide bonds. The van der Waals surface area contributed by atoms with E-state index in [-0.39, 0.29) is 5.75 Å². The molecule has 0 saturated heterocycles. The van der Waals surface area contributed by atoms with E-state index in [9.17, 15) is 14.7 Å². The lowest BCUT2D eigenvalue weighted by Crippen LogP contribution is -2.30. The number of aldehydes is 1. The minimum atomic E-state index is -0.955. The van der Waals surface area contributed by atoms with Gasteiger partial charge in [0.15, 0.2) is 6.29 Å².